The van der Waals surface area contributed by atoms with Crippen molar-refractivity contribution in [1.82, 2.24) is 0 Å². The highest BCUT2D eigenvalue weighted by atomic mass is 16.4. The van der Waals surface area contributed by atoms with Crippen LogP contribution in [0.3, 0.4) is 0 Å². The monoisotopic (exact) mass is 348 g/mol. The molecule has 1 unspecified atom stereocenters. The number of hydrogen-bond donors (Lipinski definition) is 1. The van der Waals surface area contributed by atoms with Crippen LogP contribution in [-0.4, -0.2) is 16.9 Å². The summed E-state index contributed by atoms with van der Waals surface area (Å²) in [4.78, 5) is 25.4. The molecule has 0 saturated heterocycles. The molecule has 0 amide bonds. The molecule has 3 heteroatoms. The maximum absolute atomic E-state index is 13.4. The third-order valence-electron chi connectivity index (χ3n) is 6.32. The summed E-state index contributed by atoms with van der Waals surface area (Å²) >= 11 is 0. The number of Topliss-reactive ketones (excluding diaryl/α,β-unsaturated/α-hetero) is 1. The molecule has 1 N–H and O–H groups in total. The lowest BCUT2D eigenvalue weighted by molar-refractivity contribution is -0.152. The van der Waals surface area contributed by atoms with Crippen LogP contribution in [0.2, 0.25) is 0 Å². The van der Waals surface area contributed by atoms with Gasteiger partial charge in [0, 0.05) is 0 Å². The fourth-order valence-corrected chi connectivity index (χ4v) is 5.27. The van der Waals surface area contributed by atoms with E-state index in [0.717, 1.165) is 56.1 Å². The summed E-state index contributed by atoms with van der Waals surface area (Å²) in [6.45, 7) is 0. The normalized spacial score (nSPS) is 19.1. The molecule has 1 atom stereocenters. The number of aryl methyl sites for hydroxylation is 1. The molecular weight excluding hydrogens is 324 g/mol. The quantitative estimate of drug-likeness (QED) is 0.820. The van der Waals surface area contributed by atoms with E-state index >= 15 is 0 Å². The highest BCUT2D eigenvalue weighted by molar-refractivity contribution is 6.37. The van der Waals surface area contributed by atoms with Crippen LogP contribution in [-0.2, 0) is 27.8 Å². The standard InChI is InChI=1S/C23H24O3/c24-21(22(25)26)23(18-12-4-5-13-18,17-10-2-1-3-11-17)20-15-7-9-16-8-6-14-19(16)20/h1-3,7,9-11,15,18H,4-6,8,12-14H2,(H,25,26). The second-order valence-electron chi connectivity index (χ2n) is 7.59. The van der Waals surface area contributed by atoms with Crippen molar-refractivity contribution in [2.75, 3.05) is 0 Å². The number of fused-ring (bicyclic) bond motifs is 1. The minimum absolute atomic E-state index is 0.0422. The zero-order chi connectivity index (χ0) is 18.1. The number of carbonyl (C=O) groups is 2. The molecule has 2 aliphatic rings. The van der Waals surface area contributed by atoms with Gasteiger partial charge in [-0.15, -0.1) is 0 Å². The highest BCUT2D eigenvalue weighted by Crippen LogP contribution is 2.50. The van der Waals surface area contributed by atoms with Crippen molar-refractivity contribution in [3.63, 3.8) is 0 Å². The van der Waals surface area contributed by atoms with Crippen LogP contribution >= 0.6 is 0 Å². The number of carboxylic acids is 1. The lowest BCUT2D eigenvalue weighted by Crippen LogP contribution is -2.47. The Morgan fingerprint density at radius 2 is 1.62 bits per heavy atom. The van der Waals surface area contributed by atoms with Gasteiger partial charge in [0.2, 0.25) is 0 Å². The first-order chi connectivity index (χ1) is 12.7. The van der Waals surface area contributed by atoms with E-state index in [4.69, 9.17) is 0 Å². The predicted octanol–water partition coefficient (Wildman–Crippen LogP) is 4.31. The van der Waals surface area contributed by atoms with Crippen molar-refractivity contribution in [3.8, 4) is 0 Å². The van der Waals surface area contributed by atoms with Gasteiger partial charge in [-0.2, -0.15) is 0 Å². The second kappa shape index (κ2) is 6.71. The second-order valence-corrected chi connectivity index (χ2v) is 7.59. The van der Waals surface area contributed by atoms with Gasteiger partial charge in [0.05, 0.1) is 5.41 Å². The van der Waals surface area contributed by atoms with Crippen molar-refractivity contribution in [3.05, 3.63) is 70.8 Å². The largest absolute Gasteiger partial charge is 0.475 e. The Morgan fingerprint density at radius 1 is 0.885 bits per heavy atom. The molecule has 1 saturated carbocycles. The van der Waals surface area contributed by atoms with Gasteiger partial charge in [-0.05, 0) is 60.3 Å². The van der Waals surface area contributed by atoms with E-state index in [1.807, 2.05) is 42.5 Å². The molecule has 0 aliphatic heterocycles. The number of rotatable bonds is 5. The fraction of sp³-hybridized carbons (Fsp3) is 0.391. The van der Waals surface area contributed by atoms with Crippen LogP contribution < -0.4 is 0 Å². The van der Waals surface area contributed by atoms with Gasteiger partial charge in [0.15, 0.2) is 0 Å². The minimum atomic E-state index is -1.32. The number of benzene rings is 2. The molecule has 2 aromatic rings. The fourth-order valence-electron chi connectivity index (χ4n) is 5.27. The van der Waals surface area contributed by atoms with Gasteiger partial charge < -0.3 is 5.11 Å². The van der Waals surface area contributed by atoms with Gasteiger partial charge in [-0.3, -0.25) is 4.79 Å². The Kier molecular flexibility index (Phi) is 4.39. The number of hydrogen-bond acceptors (Lipinski definition) is 2. The van der Waals surface area contributed by atoms with Crippen LogP contribution in [0.25, 0.3) is 0 Å². The Balaban J connectivity index is 2.04. The van der Waals surface area contributed by atoms with E-state index in [9.17, 15) is 14.7 Å². The van der Waals surface area contributed by atoms with Crippen molar-refractivity contribution >= 4 is 11.8 Å². The van der Waals surface area contributed by atoms with E-state index in [1.165, 1.54) is 11.1 Å². The molecule has 0 heterocycles. The van der Waals surface area contributed by atoms with Gasteiger partial charge in [0.25, 0.3) is 5.78 Å². The summed E-state index contributed by atoms with van der Waals surface area (Å²) in [5.41, 5.74) is 3.19. The highest BCUT2D eigenvalue weighted by Gasteiger charge is 2.52. The van der Waals surface area contributed by atoms with Crippen LogP contribution in [0.15, 0.2) is 48.5 Å². The molecule has 0 spiro atoms. The molecule has 26 heavy (non-hydrogen) atoms. The Labute approximate surface area is 154 Å². The average molecular weight is 348 g/mol. The molecule has 0 bridgehead atoms. The lowest BCUT2D eigenvalue weighted by Gasteiger charge is -2.39. The number of carbonyl (C=O) groups excluding carboxylic acids is 1. The van der Waals surface area contributed by atoms with Crippen LogP contribution in [0, 0.1) is 5.92 Å². The third kappa shape index (κ3) is 2.49. The first-order valence-electron chi connectivity index (χ1n) is 9.60. The summed E-state index contributed by atoms with van der Waals surface area (Å²) in [5.74, 6) is -1.95. The van der Waals surface area contributed by atoms with E-state index in [-0.39, 0.29) is 5.92 Å². The van der Waals surface area contributed by atoms with Crippen LogP contribution in [0.1, 0.15) is 54.4 Å². The molecule has 1 fully saturated rings. The number of carboxylic acid groups (broad SMARTS) is 1. The topological polar surface area (TPSA) is 54.4 Å². The zero-order valence-electron chi connectivity index (χ0n) is 14.9. The Hall–Kier alpha value is -2.42. The van der Waals surface area contributed by atoms with Crippen molar-refractivity contribution in [1.29, 1.82) is 0 Å². The molecule has 4 rings (SSSR count). The first-order valence-corrected chi connectivity index (χ1v) is 9.60. The van der Waals surface area contributed by atoms with Crippen molar-refractivity contribution < 1.29 is 14.7 Å². The summed E-state index contributed by atoms with van der Waals surface area (Å²) < 4.78 is 0. The summed E-state index contributed by atoms with van der Waals surface area (Å²) in [7, 11) is 0. The van der Waals surface area contributed by atoms with Crippen molar-refractivity contribution in [2.24, 2.45) is 5.92 Å². The van der Waals surface area contributed by atoms with Gasteiger partial charge >= 0.3 is 5.97 Å². The SMILES string of the molecule is O=C(O)C(=O)C(c1ccccc1)(c1cccc2c1CCC2)C1CCCC1. The zero-order valence-corrected chi connectivity index (χ0v) is 14.9. The molecular formula is C23H24O3. The lowest BCUT2D eigenvalue weighted by atomic mass is 9.61. The third-order valence-corrected chi connectivity index (χ3v) is 6.32. The molecule has 134 valence electrons. The average Bonchev–Trinajstić information content (AvgIpc) is 3.35. The minimum Gasteiger partial charge on any atom is -0.475 e. The molecule has 0 aromatic heterocycles. The van der Waals surface area contributed by atoms with Crippen molar-refractivity contribution in [2.45, 2.75) is 50.4 Å². The molecule has 0 radical (unpaired) electrons. The molecule has 3 nitrogen and oxygen atoms in total. The summed E-state index contributed by atoms with van der Waals surface area (Å²) in [6, 6.07) is 15.8. The number of aliphatic carboxylic acids is 1. The van der Waals surface area contributed by atoms with E-state index < -0.39 is 17.2 Å². The summed E-state index contributed by atoms with van der Waals surface area (Å²) in [5, 5.41) is 9.80. The van der Waals surface area contributed by atoms with E-state index in [2.05, 4.69) is 6.07 Å². The number of ketones is 1. The Bertz CT molecular complexity index is 834. The van der Waals surface area contributed by atoms with Gasteiger partial charge in [-0.1, -0.05) is 61.4 Å². The smallest absolute Gasteiger partial charge is 0.373 e. The van der Waals surface area contributed by atoms with Gasteiger partial charge in [-0.25, -0.2) is 4.79 Å². The van der Waals surface area contributed by atoms with E-state index in [0.29, 0.717) is 0 Å². The maximum Gasteiger partial charge on any atom is 0.373 e. The molecule has 2 aliphatic carbocycles. The van der Waals surface area contributed by atoms with Crippen LogP contribution in [0.5, 0.6) is 0 Å². The Morgan fingerprint density at radius 3 is 2.31 bits per heavy atom. The first kappa shape index (κ1) is 17.0. The molecule has 2 aromatic carbocycles. The summed E-state index contributed by atoms with van der Waals surface area (Å²) in [6.07, 6.45) is 6.93. The maximum atomic E-state index is 13.4. The predicted molar refractivity (Wildman–Crippen MR) is 100 cm³/mol. The van der Waals surface area contributed by atoms with Crippen LogP contribution in [0.4, 0.5) is 0 Å². The van der Waals surface area contributed by atoms with Gasteiger partial charge in [0.1, 0.15) is 0 Å². The van der Waals surface area contributed by atoms with E-state index in [1.54, 1.807) is 0 Å².